The van der Waals surface area contributed by atoms with Crippen LogP contribution < -0.4 is 5.56 Å². The number of H-pyrrole nitrogens is 2. The van der Waals surface area contributed by atoms with Crippen molar-refractivity contribution in [2.75, 3.05) is 0 Å². The molecule has 0 unspecified atom stereocenters. The summed E-state index contributed by atoms with van der Waals surface area (Å²) in [5.74, 6) is 0. The number of fused-ring (bicyclic) bond motifs is 3. The van der Waals surface area contributed by atoms with Crippen LogP contribution in [0.4, 0.5) is 0 Å². The van der Waals surface area contributed by atoms with Crippen LogP contribution in [-0.4, -0.2) is 29.8 Å². The third-order valence-corrected chi connectivity index (χ3v) is 4.81. The zero-order chi connectivity index (χ0) is 19.3. The van der Waals surface area contributed by atoms with E-state index in [-0.39, 0.29) is 5.56 Å². The van der Waals surface area contributed by atoms with Crippen molar-refractivity contribution in [3.63, 3.8) is 0 Å². The zero-order valence-corrected chi connectivity index (χ0v) is 15.5. The van der Waals surface area contributed by atoms with E-state index in [0.29, 0.717) is 17.5 Å². The van der Waals surface area contributed by atoms with Gasteiger partial charge in [-0.2, -0.15) is 10.2 Å². The smallest absolute Gasteiger partial charge is 0.259 e. The number of rotatable bonds is 3. The lowest BCUT2D eigenvalue weighted by molar-refractivity contribution is 0.922. The normalized spacial score (nSPS) is 11.5. The summed E-state index contributed by atoms with van der Waals surface area (Å²) >= 11 is 0. The Morgan fingerprint density at radius 2 is 1.86 bits per heavy atom. The van der Waals surface area contributed by atoms with Gasteiger partial charge in [0.15, 0.2) is 0 Å². The minimum atomic E-state index is -0.124. The maximum atomic E-state index is 12.5. The molecule has 7 heteroatoms. The minimum Gasteiger partial charge on any atom is -0.306 e. The third kappa shape index (κ3) is 2.77. The summed E-state index contributed by atoms with van der Waals surface area (Å²) in [5.41, 5.74) is 7.18. The number of pyridine rings is 1. The largest absolute Gasteiger partial charge is 0.306 e. The molecule has 28 heavy (non-hydrogen) atoms. The van der Waals surface area contributed by atoms with Crippen molar-refractivity contribution in [3.05, 3.63) is 81.7 Å². The van der Waals surface area contributed by atoms with Gasteiger partial charge in [0.25, 0.3) is 5.56 Å². The molecule has 0 aliphatic heterocycles. The summed E-state index contributed by atoms with van der Waals surface area (Å²) in [7, 11) is 0. The van der Waals surface area contributed by atoms with E-state index in [2.05, 4.69) is 32.3 Å². The molecule has 4 aromatic heterocycles. The fraction of sp³-hybridized carbons (Fsp3) is 0.143. The molecule has 0 aliphatic carbocycles. The number of aromatic nitrogens is 6. The van der Waals surface area contributed by atoms with Crippen molar-refractivity contribution in [2.45, 2.75) is 20.3 Å². The molecule has 0 bridgehead atoms. The van der Waals surface area contributed by atoms with Gasteiger partial charge in [-0.05, 0) is 49.7 Å². The average Bonchev–Trinajstić information content (AvgIpc) is 3.30. The standard InChI is InChI=1S/C21H18N6O/c1-12-7-14(8-13(2)23-12)9-16-11-20-24-21(28)17-4-3-15(18-5-6-22-25-18)10-19(17)27(20)26-16/h3-8,10-11H,9H2,1-2H3,(H,22,25)(H,24,28). The van der Waals surface area contributed by atoms with Crippen LogP contribution in [-0.2, 0) is 6.42 Å². The molecule has 0 spiro atoms. The Morgan fingerprint density at radius 3 is 2.61 bits per heavy atom. The van der Waals surface area contributed by atoms with Gasteiger partial charge in [0.1, 0.15) is 5.65 Å². The average molecular weight is 370 g/mol. The van der Waals surface area contributed by atoms with E-state index in [1.807, 2.05) is 44.2 Å². The highest BCUT2D eigenvalue weighted by atomic mass is 16.1. The number of aryl methyl sites for hydroxylation is 2. The molecule has 7 nitrogen and oxygen atoms in total. The molecule has 2 N–H and O–H groups in total. The second kappa shape index (κ2) is 6.16. The Hall–Kier alpha value is -3.74. The van der Waals surface area contributed by atoms with E-state index in [4.69, 9.17) is 5.10 Å². The van der Waals surface area contributed by atoms with Crippen LogP contribution in [0.25, 0.3) is 27.8 Å². The fourth-order valence-corrected chi connectivity index (χ4v) is 3.69. The first-order valence-electron chi connectivity index (χ1n) is 9.05. The Balaban J connectivity index is 1.66. The van der Waals surface area contributed by atoms with Crippen LogP contribution in [0.15, 0.2) is 53.5 Å². The number of aromatic amines is 2. The van der Waals surface area contributed by atoms with Gasteiger partial charge < -0.3 is 4.98 Å². The van der Waals surface area contributed by atoms with Crippen molar-refractivity contribution in [1.29, 1.82) is 0 Å². The number of hydrogen-bond acceptors (Lipinski definition) is 4. The SMILES string of the molecule is Cc1cc(Cc2cc3[nH]c(=O)c4ccc(-c5ccn[nH]5)cc4n3n2)cc(C)n1. The second-order valence-corrected chi connectivity index (χ2v) is 7.02. The molecule has 1 aromatic carbocycles. The fourth-order valence-electron chi connectivity index (χ4n) is 3.69. The summed E-state index contributed by atoms with van der Waals surface area (Å²) in [6.07, 6.45) is 2.38. The van der Waals surface area contributed by atoms with Crippen LogP contribution in [0.5, 0.6) is 0 Å². The molecule has 0 aliphatic rings. The molecule has 0 saturated carbocycles. The van der Waals surface area contributed by atoms with Gasteiger partial charge in [-0.15, -0.1) is 0 Å². The Labute approximate surface area is 160 Å². The Morgan fingerprint density at radius 1 is 1.04 bits per heavy atom. The van der Waals surface area contributed by atoms with Crippen LogP contribution in [0.3, 0.4) is 0 Å². The summed E-state index contributed by atoms with van der Waals surface area (Å²) in [4.78, 5) is 19.9. The molecule has 5 rings (SSSR count). The van der Waals surface area contributed by atoms with Crippen molar-refractivity contribution >= 4 is 16.6 Å². The van der Waals surface area contributed by atoms with E-state index in [9.17, 15) is 4.79 Å². The first kappa shape index (κ1) is 16.4. The van der Waals surface area contributed by atoms with Gasteiger partial charge in [0.05, 0.1) is 22.3 Å². The summed E-state index contributed by atoms with van der Waals surface area (Å²) in [6.45, 7) is 3.98. The maximum Gasteiger partial charge on any atom is 0.259 e. The molecule has 4 heterocycles. The lowest BCUT2D eigenvalue weighted by Crippen LogP contribution is -2.10. The number of benzene rings is 1. The highest BCUT2D eigenvalue weighted by molar-refractivity contribution is 5.84. The van der Waals surface area contributed by atoms with Crippen LogP contribution in [0.2, 0.25) is 0 Å². The summed E-state index contributed by atoms with van der Waals surface area (Å²) < 4.78 is 1.80. The molecule has 138 valence electrons. The number of nitrogens with one attached hydrogen (secondary N) is 2. The first-order valence-corrected chi connectivity index (χ1v) is 9.05. The molecule has 0 saturated heterocycles. The summed E-state index contributed by atoms with van der Waals surface area (Å²) in [6, 6.07) is 13.6. The summed E-state index contributed by atoms with van der Waals surface area (Å²) in [5, 5.41) is 12.3. The van der Waals surface area contributed by atoms with E-state index in [1.54, 1.807) is 10.7 Å². The topological polar surface area (TPSA) is 91.7 Å². The van der Waals surface area contributed by atoms with Crippen LogP contribution >= 0.6 is 0 Å². The molecular weight excluding hydrogens is 352 g/mol. The predicted octanol–water partition coefficient (Wildman–Crippen LogP) is 3.17. The Kier molecular flexibility index (Phi) is 3.61. The molecule has 0 radical (unpaired) electrons. The quantitative estimate of drug-likeness (QED) is 0.510. The molecule has 0 amide bonds. The Bertz CT molecular complexity index is 1360. The van der Waals surface area contributed by atoms with Crippen molar-refractivity contribution in [3.8, 4) is 11.3 Å². The molecule has 5 aromatic rings. The van der Waals surface area contributed by atoms with Crippen molar-refractivity contribution in [2.24, 2.45) is 0 Å². The van der Waals surface area contributed by atoms with E-state index < -0.39 is 0 Å². The second-order valence-electron chi connectivity index (χ2n) is 7.02. The maximum absolute atomic E-state index is 12.5. The predicted molar refractivity (Wildman–Crippen MR) is 107 cm³/mol. The van der Waals surface area contributed by atoms with Crippen molar-refractivity contribution in [1.82, 2.24) is 29.8 Å². The number of hydrogen-bond donors (Lipinski definition) is 2. The first-order chi connectivity index (χ1) is 13.6. The number of nitrogens with zero attached hydrogens (tertiary/aromatic N) is 4. The van der Waals surface area contributed by atoms with Crippen LogP contribution in [0.1, 0.15) is 22.6 Å². The van der Waals surface area contributed by atoms with Gasteiger partial charge in [0.2, 0.25) is 0 Å². The van der Waals surface area contributed by atoms with E-state index >= 15 is 0 Å². The minimum absolute atomic E-state index is 0.124. The van der Waals surface area contributed by atoms with E-state index in [0.717, 1.165) is 39.4 Å². The molecule has 0 fully saturated rings. The van der Waals surface area contributed by atoms with Gasteiger partial charge in [0, 0.05) is 35.6 Å². The monoisotopic (exact) mass is 370 g/mol. The van der Waals surface area contributed by atoms with Gasteiger partial charge >= 0.3 is 0 Å². The zero-order valence-electron chi connectivity index (χ0n) is 15.5. The van der Waals surface area contributed by atoms with Crippen LogP contribution in [0, 0.1) is 13.8 Å². The molecular formula is C21H18N6O. The van der Waals surface area contributed by atoms with Gasteiger partial charge in [-0.1, -0.05) is 6.07 Å². The lowest BCUT2D eigenvalue weighted by atomic mass is 10.1. The molecule has 0 atom stereocenters. The van der Waals surface area contributed by atoms with E-state index in [1.165, 1.54) is 0 Å². The van der Waals surface area contributed by atoms with Crippen molar-refractivity contribution < 1.29 is 0 Å². The van der Waals surface area contributed by atoms with Gasteiger partial charge in [-0.25, -0.2) is 4.52 Å². The van der Waals surface area contributed by atoms with Gasteiger partial charge in [-0.3, -0.25) is 14.9 Å². The highest BCUT2D eigenvalue weighted by Gasteiger charge is 2.11. The highest BCUT2D eigenvalue weighted by Crippen LogP contribution is 2.22. The third-order valence-electron chi connectivity index (χ3n) is 4.81. The lowest BCUT2D eigenvalue weighted by Gasteiger charge is -2.04.